The molecule has 1 aromatic heterocycles. The largest absolute Gasteiger partial charge is 0.493 e. The van der Waals surface area contributed by atoms with E-state index in [0.717, 1.165) is 29.8 Å². The Labute approximate surface area is 113 Å². The second-order valence-corrected chi connectivity index (χ2v) is 5.67. The molecular weight excluding hydrogens is 238 g/mol. The summed E-state index contributed by atoms with van der Waals surface area (Å²) < 4.78 is 6.00. The van der Waals surface area contributed by atoms with Crippen LogP contribution in [0.3, 0.4) is 0 Å². The van der Waals surface area contributed by atoms with Crippen LogP contribution in [0.15, 0.2) is 24.4 Å². The number of nitrogens with zero attached hydrogens (tertiary/aromatic N) is 1. The summed E-state index contributed by atoms with van der Waals surface area (Å²) in [5.74, 6) is 0.910. The van der Waals surface area contributed by atoms with Crippen molar-refractivity contribution >= 4 is 10.9 Å². The fraction of sp³-hybridized carbons (Fsp3) is 0.533. The molecule has 3 rings (SSSR count). The fourth-order valence-electron chi connectivity index (χ4n) is 2.96. The molecule has 0 spiro atoms. The van der Waals surface area contributed by atoms with Crippen LogP contribution in [0, 0.1) is 5.41 Å². The summed E-state index contributed by atoms with van der Waals surface area (Å²) in [7, 11) is 0. The molecule has 19 heavy (non-hydrogen) atoms. The average Bonchev–Trinajstić information content (AvgIpc) is 2.93. The molecule has 0 bridgehead atoms. The van der Waals surface area contributed by atoms with Gasteiger partial charge in [-0.2, -0.15) is 5.10 Å². The topological polar surface area (TPSA) is 63.9 Å². The van der Waals surface area contributed by atoms with Crippen molar-refractivity contribution in [2.75, 3.05) is 13.2 Å². The van der Waals surface area contributed by atoms with E-state index in [2.05, 4.69) is 10.2 Å². The lowest BCUT2D eigenvalue weighted by Crippen LogP contribution is -2.38. The number of benzene rings is 1. The minimum Gasteiger partial charge on any atom is -0.493 e. The molecule has 4 heteroatoms. The van der Waals surface area contributed by atoms with Gasteiger partial charge in [0.25, 0.3) is 0 Å². The number of rotatable bonds is 4. The van der Waals surface area contributed by atoms with Gasteiger partial charge in [-0.05, 0) is 31.0 Å². The standard InChI is InChI=1S/C15H21N3O/c16-10-15(6-2-1-3-7-15)11-19-13-4-5-14-12(8-13)9-17-18-14/h4-5,8-9H,1-3,6-7,10-11,16H2,(H,17,18). The molecule has 1 fully saturated rings. The monoisotopic (exact) mass is 259 g/mol. The second kappa shape index (κ2) is 5.21. The van der Waals surface area contributed by atoms with E-state index in [9.17, 15) is 0 Å². The molecular formula is C15H21N3O. The number of nitrogens with one attached hydrogen (secondary N) is 1. The van der Waals surface area contributed by atoms with Crippen molar-refractivity contribution in [3.63, 3.8) is 0 Å². The smallest absolute Gasteiger partial charge is 0.120 e. The zero-order chi connectivity index (χ0) is 13.1. The molecule has 1 heterocycles. The predicted molar refractivity (Wildman–Crippen MR) is 76.2 cm³/mol. The summed E-state index contributed by atoms with van der Waals surface area (Å²) in [5.41, 5.74) is 7.21. The molecule has 1 saturated carbocycles. The lowest BCUT2D eigenvalue weighted by Gasteiger charge is -2.35. The van der Waals surface area contributed by atoms with Gasteiger partial charge in [0.15, 0.2) is 0 Å². The van der Waals surface area contributed by atoms with E-state index in [0.29, 0.717) is 0 Å². The third kappa shape index (κ3) is 2.59. The summed E-state index contributed by atoms with van der Waals surface area (Å²) in [6.07, 6.45) is 8.10. The number of aromatic amines is 1. The first-order valence-corrected chi connectivity index (χ1v) is 7.07. The van der Waals surface area contributed by atoms with Gasteiger partial charge in [0.1, 0.15) is 5.75 Å². The van der Waals surface area contributed by atoms with Crippen LogP contribution in [0.1, 0.15) is 32.1 Å². The molecule has 1 aromatic carbocycles. The number of nitrogens with two attached hydrogens (primary N) is 1. The van der Waals surface area contributed by atoms with Gasteiger partial charge in [-0.3, -0.25) is 5.10 Å². The third-order valence-corrected chi connectivity index (χ3v) is 4.30. The zero-order valence-electron chi connectivity index (χ0n) is 11.2. The maximum atomic E-state index is 6.00. The van der Waals surface area contributed by atoms with Crippen LogP contribution in [-0.2, 0) is 0 Å². The lowest BCUT2D eigenvalue weighted by molar-refractivity contribution is 0.105. The maximum absolute atomic E-state index is 6.00. The highest BCUT2D eigenvalue weighted by molar-refractivity contribution is 5.79. The van der Waals surface area contributed by atoms with Crippen LogP contribution in [-0.4, -0.2) is 23.3 Å². The Balaban J connectivity index is 1.70. The Morgan fingerprint density at radius 2 is 2.11 bits per heavy atom. The van der Waals surface area contributed by atoms with E-state index in [-0.39, 0.29) is 5.41 Å². The third-order valence-electron chi connectivity index (χ3n) is 4.30. The van der Waals surface area contributed by atoms with Crippen LogP contribution >= 0.6 is 0 Å². The molecule has 0 atom stereocenters. The van der Waals surface area contributed by atoms with Crippen LogP contribution in [0.25, 0.3) is 10.9 Å². The quantitative estimate of drug-likeness (QED) is 0.887. The Morgan fingerprint density at radius 1 is 1.26 bits per heavy atom. The first-order chi connectivity index (χ1) is 9.31. The van der Waals surface area contributed by atoms with E-state index in [1.54, 1.807) is 0 Å². The number of hydrogen-bond donors (Lipinski definition) is 2. The van der Waals surface area contributed by atoms with Gasteiger partial charge in [-0.15, -0.1) is 0 Å². The average molecular weight is 259 g/mol. The summed E-state index contributed by atoms with van der Waals surface area (Å²) in [6.45, 7) is 1.45. The molecule has 0 saturated heterocycles. The number of hydrogen-bond acceptors (Lipinski definition) is 3. The maximum Gasteiger partial charge on any atom is 0.120 e. The van der Waals surface area contributed by atoms with Crippen LogP contribution in [0.5, 0.6) is 5.75 Å². The van der Waals surface area contributed by atoms with E-state index < -0.39 is 0 Å². The number of ether oxygens (including phenoxy) is 1. The van der Waals surface area contributed by atoms with Gasteiger partial charge in [0.05, 0.1) is 18.3 Å². The first kappa shape index (κ1) is 12.5. The van der Waals surface area contributed by atoms with E-state index in [1.807, 2.05) is 24.4 Å². The number of fused-ring (bicyclic) bond motifs is 1. The Hall–Kier alpha value is -1.55. The van der Waals surface area contributed by atoms with Gasteiger partial charge >= 0.3 is 0 Å². The Kier molecular flexibility index (Phi) is 3.42. The van der Waals surface area contributed by atoms with Crippen molar-refractivity contribution in [1.82, 2.24) is 10.2 Å². The van der Waals surface area contributed by atoms with Crippen LogP contribution in [0.2, 0.25) is 0 Å². The number of aromatic nitrogens is 2. The lowest BCUT2D eigenvalue weighted by atomic mass is 9.75. The van der Waals surface area contributed by atoms with Gasteiger partial charge in [0.2, 0.25) is 0 Å². The molecule has 0 radical (unpaired) electrons. The summed E-state index contributed by atoms with van der Waals surface area (Å²) >= 11 is 0. The highest BCUT2D eigenvalue weighted by atomic mass is 16.5. The zero-order valence-corrected chi connectivity index (χ0v) is 11.2. The molecule has 2 aromatic rings. The predicted octanol–water partition coefficient (Wildman–Crippen LogP) is 2.85. The highest BCUT2D eigenvalue weighted by Gasteiger charge is 2.31. The van der Waals surface area contributed by atoms with Crippen molar-refractivity contribution < 1.29 is 4.74 Å². The minimum absolute atomic E-state index is 0.184. The molecule has 0 amide bonds. The van der Waals surface area contributed by atoms with Crippen molar-refractivity contribution in [2.45, 2.75) is 32.1 Å². The van der Waals surface area contributed by atoms with Crippen molar-refractivity contribution in [2.24, 2.45) is 11.1 Å². The van der Waals surface area contributed by atoms with Crippen LogP contribution in [0.4, 0.5) is 0 Å². The van der Waals surface area contributed by atoms with Gasteiger partial charge in [0, 0.05) is 17.3 Å². The summed E-state index contributed by atoms with van der Waals surface area (Å²) in [5, 5.41) is 8.05. The van der Waals surface area contributed by atoms with Crippen molar-refractivity contribution in [3.05, 3.63) is 24.4 Å². The van der Waals surface area contributed by atoms with Gasteiger partial charge in [-0.25, -0.2) is 0 Å². The van der Waals surface area contributed by atoms with Crippen LogP contribution < -0.4 is 10.5 Å². The van der Waals surface area contributed by atoms with Crippen molar-refractivity contribution in [1.29, 1.82) is 0 Å². The summed E-state index contributed by atoms with van der Waals surface area (Å²) in [6, 6.07) is 6.03. The molecule has 3 N–H and O–H groups in total. The molecule has 0 unspecified atom stereocenters. The van der Waals surface area contributed by atoms with E-state index >= 15 is 0 Å². The van der Waals surface area contributed by atoms with Gasteiger partial charge in [-0.1, -0.05) is 19.3 Å². The first-order valence-electron chi connectivity index (χ1n) is 7.07. The van der Waals surface area contributed by atoms with Crippen molar-refractivity contribution in [3.8, 4) is 5.75 Å². The Bertz CT molecular complexity index is 543. The minimum atomic E-state index is 0.184. The van der Waals surface area contributed by atoms with Gasteiger partial charge < -0.3 is 10.5 Å². The highest BCUT2D eigenvalue weighted by Crippen LogP contribution is 2.36. The second-order valence-electron chi connectivity index (χ2n) is 5.67. The fourth-order valence-corrected chi connectivity index (χ4v) is 2.96. The normalized spacial score (nSPS) is 18.6. The molecule has 0 aliphatic heterocycles. The van der Waals surface area contributed by atoms with E-state index in [4.69, 9.17) is 10.5 Å². The molecule has 102 valence electrons. The molecule has 1 aliphatic rings. The number of H-pyrrole nitrogens is 1. The Morgan fingerprint density at radius 3 is 2.89 bits per heavy atom. The SMILES string of the molecule is NCC1(COc2ccc3[nH]ncc3c2)CCCCC1. The molecule has 1 aliphatic carbocycles. The molecule has 4 nitrogen and oxygen atoms in total. The summed E-state index contributed by atoms with van der Waals surface area (Å²) in [4.78, 5) is 0. The van der Waals surface area contributed by atoms with E-state index in [1.165, 1.54) is 32.1 Å².